The summed E-state index contributed by atoms with van der Waals surface area (Å²) in [4.78, 5) is 0. The molecule has 0 spiro atoms. The fraction of sp³-hybridized carbons (Fsp3) is 0.625. The lowest BCUT2D eigenvalue weighted by atomic mass is 9.77. The fourth-order valence-corrected chi connectivity index (χ4v) is 2.55. The van der Waals surface area contributed by atoms with Gasteiger partial charge in [-0.3, -0.25) is 0 Å². The van der Waals surface area contributed by atoms with E-state index in [4.69, 9.17) is 11.6 Å². The zero-order valence-electron chi connectivity index (χ0n) is 12.5. The molecule has 102 valence electrons. The van der Waals surface area contributed by atoms with Gasteiger partial charge in [0, 0.05) is 11.1 Å². The van der Waals surface area contributed by atoms with Crippen molar-refractivity contribution in [1.82, 2.24) is 5.32 Å². The van der Waals surface area contributed by atoms with E-state index < -0.39 is 0 Å². The summed E-state index contributed by atoms with van der Waals surface area (Å²) in [5.41, 5.74) is 4.05. The predicted octanol–water partition coefficient (Wildman–Crippen LogP) is 5.04. The molecule has 0 fully saturated rings. The highest BCUT2D eigenvalue weighted by Crippen LogP contribution is 2.38. The average Bonchev–Trinajstić information content (AvgIpc) is 2.31. The first-order valence-electron chi connectivity index (χ1n) is 6.83. The van der Waals surface area contributed by atoms with E-state index in [9.17, 15) is 0 Å². The summed E-state index contributed by atoms with van der Waals surface area (Å²) >= 11 is 6.20. The van der Waals surface area contributed by atoms with Crippen molar-refractivity contribution in [3.63, 3.8) is 0 Å². The van der Waals surface area contributed by atoms with E-state index in [1.165, 1.54) is 11.1 Å². The van der Waals surface area contributed by atoms with Gasteiger partial charge in [0.2, 0.25) is 0 Å². The van der Waals surface area contributed by atoms with Gasteiger partial charge in [-0.15, -0.1) is 0 Å². The first-order valence-corrected chi connectivity index (χ1v) is 7.21. The maximum absolute atomic E-state index is 6.20. The van der Waals surface area contributed by atoms with Crippen LogP contribution in [0.2, 0.25) is 5.02 Å². The zero-order valence-corrected chi connectivity index (χ0v) is 13.3. The molecule has 1 N–H and O–H groups in total. The molecule has 0 saturated heterocycles. The van der Waals surface area contributed by atoms with Gasteiger partial charge in [-0.1, -0.05) is 45.4 Å². The van der Waals surface area contributed by atoms with Crippen molar-refractivity contribution >= 4 is 11.6 Å². The van der Waals surface area contributed by atoms with Gasteiger partial charge < -0.3 is 5.32 Å². The lowest BCUT2D eigenvalue weighted by molar-refractivity contribution is 0.236. The van der Waals surface area contributed by atoms with Crippen molar-refractivity contribution in [2.75, 3.05) is 6.54 Å². The summed E-state index contributed by atoms with van der Waals surface area (Å²) in [6.45, 7) is 14.3. The standard InChI is InChI=1S/C16H26ClN/c1-7-16(5,6)15(18-8-2)13-9-12(4)14(17)10-11(13)3/h9-10,15,18H,7-8H2,1-6H3. The Kier molecular flexibility index (Phi) is 5.24. The summed E-state index contributed by atoms with van der Waals surface area (Å²) in [5, 5.41) is 4.50. The minimum absolute atomic E-state index is 0.237. The van der Waals surface area contributed by atoms with Crippen LogP contribution in [0.5, 0.6) is 0 Å². The largest absolute Gasteiger partial charge is 0.310 e. The Hall–Kier alpha value is -0.530. The lowest BCUT2D eigenvalue weighted by Gasteiger charge is -2.35. The molecule has 2 heteroatoms. The molecule has 0 radical (unpaired) electrons. The second-order valence-electron chi connectivity index (χ2n) is 5.79. The number of halogens is 1. The molecular formula is C16H26ClN. The molecule has 1 rings (SSSR count). The van der Waals surface area contributed by atoms with Crippen molar-refractivity contribution in [2.45, 2.75) is 54.0 Å². The quantitative estimate of drug-likeness (QED) is 0.788. The van der Waals surface area contributed by atoms with Crippen LogP contribution in [0.25, 0.3) is 0 Å². The van der Waals surface area contributed by atoms with Crippen molar-refractivity contribution < 1.29 is 0 Å². The van der Waals surface area contributed by atoms with Crippen molar-refractivity contribution in [2.24, 2.45) is 5.41 Å². The number of hydrogen-bond donors (Lipinski definition) is 1. The van der Waals surface area contributed by atoms with Gasteiger partial charge in [-0.2, -0.15) is 0 Å². The third-order valence-corrected chi connectivity index (χ3v) is 4.37. The van der Waals surface area contributed by atoms with Gasteiger partial charge in [0.05, 0.1) is 0 Å². The number of rotatable bonds is 5. The maximum Gasteiger partial charge on any atom is 0.0438 e. The second kappa shape index (κ2) is 6.08. The maximum atomic E-state index is 6.20. The third-order valence-electron chi connectivity index (χ3n) is 3.96. The van der Waals surface area contributed by atoms with Crippen LogP contribution in [-0.4, -0.2) is 6.54 Å². The van der Waals surface area contributed by atoms with E-state index in [-0.39, 0.29) is 5.41 Å². The smallest absolute Gasteiger partial charge is 0.0438 e. The number of nitrogens with one attached hydrogen (secondary N) is 1. The van der Waals surface area contributed by atoms with Crippen LogP contribution in [0.1, 0.15) is 56.8 Å². The van der Waals surface area contributed by atoms with Crippen LogP contribution in [-0.2, 0) is 0 Å². The van der Waals surface area contributed by atoms with E-state index in [0.717, 1.165) is 23.6 Å². The molecule has 1 aromatic carbocycles. The minimum atomic E-state index is 0.237. The fourth-order valence-electron chi connectivity index (χ4n) is 2.33. The molecule has 1 unspecified atom stereocenters. The minimum Gasteiger partial charge on any atom is -0.310 e. The molecule has 0 saturated carbocycles. The summed E-state index contributed by atoms with van der Waals surface area (Å²) < 4.78 is 0. The van der Waals surface area contributed by atoms with Gasteiger partial charge >= 0.3 is 0 Å². The predicted molar refractivity (Wildman–Crippen MR) is 81.4 cm³/mol. The van der Waals surface area contributed by atoms with Crippen LogP contribution in [0.3, 0.4) is 0 Å². The molecule has 18 heavy (non-hydrogen) atoms. The Labute approximate surface area is 117 Å². The SMILES string of the molecule is CCNC(c1cc(C)c(Cl)cc1C)C(C)(C)CC. The van der Waals surface area contributed by atoms with E-state index >= 15 is 0 Å². The van der Waals surface area contributed by atoms with E-state index in [1.54, 1.807) is 0 Å². The summed E-state index contributed by atoms with van der Waals surface area (Å²) in [7, 11) is 0. The Morgan fingerprint density at radius 1 is 1.17 bits per heavy atom. The number of hydrogen-bond acceptors (Lipinski definition) is 1. The van der Waals surface area contributed by atoms with Crippen LogP contribution in [0.4, 0.5) is 0 Å². The zero-order chi connectivity index (χ0) is 13.9. The van der Waals surface area contributed by atoms with Crippen molar-refractivity contribution in [1.29, 1.82) is 0 Å². The van der Waals surface area contributed by atoms with Crippen LogP contribution in [0.15, 0.2) is 12.1 Å². The Morgan fingerprint density at radius 2 is 1.78 bits per heavy atom. The summed E-state index contributed by atoms with van der Waals surface area (Å²) in [5.74, 6) is 0. The highest BCUT2D eigenvalue weighted by molar-refractivity contribution is 6.31. The molecule has 1 aromatic rings. The molecule has 0 amide bonds. The second-order valence-corrected chi connectivity index (χ2v) is 6.20. The first-order chi connectivity index (χ1) is 8.33. The van der Waals surface area contributed by atoms with Gasteiger partial charge in [0.25, 0.3) is 0 Å². The van der Waals surface area contributed by atoms with Crippen molar-refractivity contribution in [3.8, 4) is 0 Å². The first kappa shape index (κ1) is 15.5. The molecular weight excluding hydrogens is 242 g/mol. The third kappa shape index (κ3) is 3.27. The lowest BCUT2D eigenvalue weighted by Crippen LogP contribution is -2.34. The Balaban J connectivity index is 3.26. The topological polar surface area (TPSA) is 12.0 Å². The molecule has 1 nitrogen and oxygen atoms in total. The molecule has 0 aliphatic carbocycles. The number of aryl methyl sites for hydroxylation is 2. The van der Waals surface area contributed by atoms with Crippen LogP contribution >= 0.6 is 11.6 Å². The average molecular weight is 268 g/mol. The monoisotopic (exact) mass is 267 g/mol. The van der Waals surface area contributed by atoms with Gasteiger partial charge in [0.15, 0.2) is 0 Å². The van der Waals surface area contributed by atoms with E-state index in [2.05, 4.69) is 59.0 Å². The summed E-state index contributed by atoms with van der Waals surface area (Å²) in [6.07, 6.45) is 1.14. The molecule has 0 aliphatic rings. The molecule has 0 heterocycles. The molecule has 0 aromatic heterocycles. The molecule has 1 atom stereocenters. The number of benzene rings is 1. The van der Waals surface area contributed by atoms with Gasteiger partial charge in [-0.05, 0) is 55.0 Å². The normalized spacial score (nSPS) is 13.7. The van der Waals surface area contributed by atoms with E-state index in [0.29, 0.717) is 6.04 Å². The van der Waals surface area contributed by atoms with E-state index in [1.807, 2.05) is 0 Å². The summed E-state index contributed by atoms with van der Waals surface area (Å²) in [6, 6.07) is 4.70. The van der Waals surface area contributed by atoms with Crippen LogP contribution < -0.4 is 5.32 Å². The highest BCUT2D eigenvalue weighted by atomic mass is 35.5. The van der Waals surface area contributed by atoms with Crippen molar-refractivity contribution in [3.05, 3.63) is 33.8 Å². The molecule has 0 aliphatic heterocycles. The highest BCUT2D eigenvalue weighted by Gasteiger charge is 2.29. The molecule has 0 bridgehead atoms. The van der Waals surface area contributed by atoms with Crippen LogP contribution in [0, 0.1) is 19.3 Å². The van der Waals surface area contributed by atoms with Gasteiger partial charge in [-0.25, -0.2) is 0 Å². The Morgan fingerprint density at radius 3 is 2.28 bits per heavy atom. The van der Waals surface area contributed by atoms with Gasteiger partial charge in [0.1, 0.15) is 0 Å². The Bertz CT molecular complexity index is 410.